The first-order valence-electron chi connectivity index (χ1n) is 10.2. The Hall–Kier alpha value is -2.73. The van der Waals surface area contributed by atoms with Crippen LogP contribution in [0.4, 0.5) is 22.0 Å². The maximum atomic E-state index is 14.3. The highest BCUT2D eigenvalue weighted by Gasteiger charge is 2.45. The Bertz CT molecular complexity index is 1030. The van der Waals surface area contributed by atoms with Crippen LogP contribution in [0.1, 0.15) is 13.8 Å². The third kappa shape index (κ3) is 7.14. The van der Waals surface area contributed by atoms with Gasteiger partial charge in [-0.3, -0.25) is 4.79 Å². The number of nitrogens with zero attached hydrogens (tertiary/aromatic N) is 1. The summed E-state index contributed by atoms with van der Waals surface area (Å²) in [6.45, 7) is 2.75. The lowest BCUT2D eigenvalue weighted by atomic mass is 10.3. The van der Waals surface area contributed by atoms with Gasteiger partial charge in [-0.05, 0) is 26.0 Å². The largest absolute Gasteiger partial charge is 0.516 e. The molecule has 0 spiro atoms. The van der Waals surface area contributed by atoms with Gasteiger partial charge in [0.2, 0.25) is 34.8 Å². The van der Waals surface area contributed by atoms with Gasteiger partial charge in [0.25, 0.3) is 0 Å². The van der Waals surface area contributed by atoms with Gasteiger partial charge in [-0.2, -0.15) is 13.5 Å². The van der Waals surface area contributed by atoms with Crippen molar-refractivity contribution >= 4 is 13.7 Å². The molecular formula is C21H23F5NO7P. The Morgan fingerprint density at radius 1 is 0.914 bits per heavy atom. The van der Waals surface area contributed by atoms with E-state index in [-0.39, 0.29) is 25.6 Å². The van der Waals surface area contributed by atoms with Gasteiger partial charge in [0.15, 0.2) is 0 Å². The molecule has 8 nitrogen and oxygen atoms in total. The van der Waals surface area contributed by atoms with Crippen LogP contribution in [0.5, 0.6) is 11.5 Å². The summed E-state index contributed by atoms with van der Waals surface area (Å²) in [5, 5.41) is 9.50. The zero-order chi connectivity index (χ0) is 26.2. The van der Waals surface area contributed by atoms with E-state index in [1.165, 1.54) is 24.3 Å². The van der Waals surface area contributed by atoms with Gasteiger partial charge in [-0.1, -0.05) is 18.2 Å². The van der Waals surface area contributed by atoms with Crippen LogP contribution in [0, 0.1) is 29.1 Å². The van der Waals surface area contributed by atoms with Crippen LogP contribution in [-0.4, -0.2) is 54.8 Å². The van der Waals surface area contributed by atoms with E-state index in [1.54, 1.807) is 13.0 Å². The maximum absolute atomic E-state index is 14.3. The monoisotopic (exact) mass is 527 g/mol. The zero-order valence-electron chi connectivity index (χ0n) is 18.7. The predicted octanol–water partition coefficient (Wildman–Crippen LogP) is 4.78. The molecule has 0 aliphatic rings. The summed E-state index contributed by atoms with van der Waals surface area (Å²) in [7, 11) is -5.15. The average Bonchev–Trinajstić information content (AvgIpc) is 2.84. The van der Waals surface area contributed by atoms with Gasteiger partial charge < -0.3 is 23.6 Å². The van der Waals surface area contributed by atoms with Crippen LogP contribution < -0.4 is 9.05 Å². The van der Waals surface area contributed by atoms with Crippen molar-refractivity contribution in [3.8, 4) is 11.5 Å². The maximum Gasteiger partial charge on any atom is 0.516 e. The number of ether oxygens (including phenoxy) is 2. The number of benzene rings is 2. The lowest BCUT2D eigenvalue weighted by Crippen LogP contribution is -2.41. The summed E-state index contributed by atoms with van der Waals surface area (Å²) in [5.74, 6) is -15.6. The molecule has 0 fully saturated rings. The van der Waals surface area contributed by atoms with Crippen LogP contribution in [0.2, 0.25) is 0 Å². The third-order valence-electron chi connectivity index (χ3n) is 4.50. The van der Waals surface area contributed by atoms with Crippen molar-refractivity contribution in [1.29, 1.82) is 0 Å². The number of para-hydroxylation sites is 1. The smallest absolute Gasteiger partial charge is 0.480 e. The third-order valence-corrected chi connectivity index (χ3v) is 6.53. The quantitative estimate of drug-likeness (QED) is 0.123. The topological polar surface area (TPSA) is 94.5 Å². The highest BCUT2D eigenvalue weighted by molar-refractivity contribution is 7.52. The fraction of sp³-hybridized carbons (Fsp3) is 0.381. The molecule has 0 heterocycles. The molecule has 2 aromatic carbocycles. The van der Waals surface area contributed by atoms with Gasteiger partial charge in [0.1, 0.15) is 11.8 Å². The molecule has 35 heavy (non-hydrogen) atoms. The first-order valence-corrected chi connectivity index (χ1v) is 11.7. The van der Waals surface area contributed by atoms with Crippen LogP contribution in [-0.2, 0) is 18.8 Å². The highest BCUT2D eigenvalue weighted by atomic mass is 31.2. The van der Waals surface area contributed by atoms with Gasteiger partial charge in [0.05, 0.1) is 19.8 Å². The molecule has 0 aliphatic carbocycles. The summed E-state index contributed by atoms with van der Waals surface area (Å²) in [5.41, 5.74) is 0. The second-order valence-electron chi connectivity index (χ2n) is 6.85. The lowest BCUT2D eigenvalue weighted by Gasteiger charge is -2.32. The molecule has 2 aromatic rings. The van der Waals surface area contributed by atoms with Gasteiger partial charge in [-0.25, -0.2) is 17.7 Å². The first-order chi connectivity index (χ1) is 16.5. The highest BCUT2D eigenvalue weighted by Crippen LogP contribution is 2.54. The normalized spacial score (nSPS) is 13.9. The number of hydrogen-bond acceptors (Lipinski definition) is 6. The minimum atomic E-state index is -5.15. The zero-order valence-corrected chi connectivity index (χ0v) is 19.6. The first kappa shape index (κ1) is 28.5. The van der Waals surface area contributed by atoms with Crippen LogP contribution in [0.25, 0.3) is 0 Å². The molecule has 0 amide bonds. The number of carboxylic acids is 1. The number of rotatable bonds is 14. The number of carboxylic acid groups (broad SMARTS) is 1. The predicted molar refractivity (Wildman–Crippen MR) is 113 cm³/mol. The minimum absolute atomic E-state index is 0.0749. The van der Waals surface area contributed by atoms with E-state index < -0.39 is 61.1 Å². The average molecular weight is 527 g/mol. The van der Waals surface area contributed by atoms with Gasteiger partial charge in [-0.15, -0.1) is 0 Å². The van der Waals surface area contributed by atoms with Crippen LogP contribution in [0.15, 0.2) is 30.3 Å². The Morgan fingerprint density at radius 3 is 2.00 bits per heavy atom. The van der Waals surface area contributed by atoms with Crippen LogP contribution in [0.3, 0.4) is 0 Å². The molecule has 1 N–H and O–H groups in total. The molecule has 0 aliphatic heterocycles. The van der Waals surface area contributed by atoms with E-state index >= 15 is 0 Å². The van der Waals surface area contributed by atoms with E-state index in [0.29, 0.717) is 11.3 Å². The van der Waals surface area contributed by atoms with E-state index in [0.717, 1.165) is 6.92 Å². The molecule has 2 rings (SSSR count). The van der Waals surface area contributed by atoms with E-state index in [1.807, 2.05) is 0 Å². The molecule has 0 saturated heterocycles. The number of hydrogen-bond donors (Lipinski definition) is 1. The second-order valence-corrected chi connectivity index (χ2v) is 8.67. The molecule has 0 bridgehead atoms. The van der Waals surface area contributed by atoms with Crippen molar-refractivity contribution in [3.05, 3.63) is 59.4 Å². The van der Waals surface area contributed by atoms with Gasteiger partial charge >= 0.3 is 13.7 Å². The number of carbonyl (C=O) groups is 1. The second kappa shape index (κ2) is 12.8. The molecule has 0 aromatic heterocycles. The molecule has 0 saturated carbocycles. The molecule has 0 radical (unpaired) electrons. The molecule has 14 heteroatoms. The number of halogens is 5. The SMILES string of the molecule is CCOCCOCCN([C@@H](C)C(=O)O)P(=O)(Oc1ccccc1)Oc1c(F)c(F)c(F)c(F)c1F. The van der Waals surface area contributed by atoms with Gasteiger partial charge in [0, 0.05) is 13.2 Å². The fourth-order valence-corrected chi connectivity index (χ4v) is 4.57. The summed E-state index contributed by atoms with van der Waals surface area (Å²) >= 11 is 0. The van der Waals surface area contributed by atoms with E-state index in [2.05, 4.69) is 0 Å². The lowest BCUT2D eigenvalue weighted by molar-refractivity contribution is -0.141. The minimum Gasteiger partial charge on any atom is -0.480 e. The van der Waals surface area contributed by atoms with Crippen molar-refractivity contribution in [3.63, 3.8) is 0 Å². The van der Waals surface area contributed by atoms with Crippen molar-refractivity contribution < 1.29 is 54.9 Å². The fourth-order valence-electron chi connectivity index (χ4n) is 2.70. The standard InChI is InChI=1S/C21H23F5NO7P/c1-3-31-11-12-32-10-9-27(13(2)21(28)29)35(30,33-14-7-5-4-6-8-14)34-20-18(25)16(23)15(22)17(24)19(20)26/h4-8,13H,3,9-12H2,1-2H3,(H,28,29)/t13-,35?/m0/s1. The van der Waals surface area contributed by atoms with Crippen LogP contribution >= 0.6 is 7.75 Å². The summed E-state index contributed by atoms with van der Waals surface area (Å²) in [6, 6.07) is 5.26. The summed E-state index contributed by atoms with van der Waals surface area (Å²) in [6.07, 6.45) is 0. The molecule has 2 atom stereocenters. The van der Waals surface area contributed by atoms with E-state index in [4.69, 9.17) is 18.5 Å². The Morgan fingerprint density at radius 2 is 1.46 bits per heavy atom. The van der Waals surface area contributed by atoms with Crippen molar-refractivity contribution in [1.82, 2.24) is 4.67 Å². The van der Waals surface area contributed by atoms with Crippen molar-refractivity contribution in [2.75, 3.05) is 33.0 Å². The Balaban J connectivity index is 2.50. The molecule has 1 unspecified atom stereocenters. The molecule has 194 valence electrons. The number of aliphatic carboxylic acids is 1. The van der Waals surface area contributed by atoms with E-state index in [9.17, 15) is 36.4 Å². The Kier molecular flexibility index (Phi) is 10.4. The molecular weight excluding hydrogens is 504 g/mol. The van der Waals surface area contributed by atoms with Crippen molar-refractivity contribution in [2.24, 2.45) is 0 Å². The van der Waals surface area contributed by atoms with Crippen molar-refractivity contribution in [2.45, 2.75) is 19.9 Å². The Labute approximate surface area is 197 Å². The summed E-state index contributed by atoms with van der Waals surface area (Å²) in [4.78, 5) is 11.7. The summed E-state index contributed by atoms with van der Waals surface area (Å²) < 4.78 is 104.